The Labute approximate surface area is 104 Å². The number of carboxylic acid groups (broad SMARTS) is 1. The molecule has 5 nitrogen and oxygen atoms in total. The topological polar surface area (TPSA) is 78.4 Å². The van der Waals surface area contributed by atoms with E-state index in [0.717, 1.165) is 5.56 Å². The summed E-state index contributed by atoms with van der Waals surface area (Å²) >= 11 is 0. The number of rotatable bonds is 5. The molecule has 3 N–H and O–H groups in total. The highest BCUT2D eigenvalue weighted by atomic mass is 19.1. The van der Waals surface area contributed by atoms with Gasteiger partial charge in [0.1, 0.15) is 6.67 Å². The molecule has 18 heavy (non-hydrogen) atoms. The normalized spacial score (nSPS) is 11.7. The Kier molecular flexibility index (Phi) is 5.10. The summed E-state index contributed by atoms with van der Waals surface area (Å²) in [5.41, 5.74) is 0.956. The third-order valence-electron chi connectivity index (χ3n) is 2.26. The fourth-order valence-corrected chi connectivity index (χ4v) is 1.26. The molecule has 1 rings (SSSR count). The van der Waals surface area contributed by atoms with Gasteiger partial charge in [-0.2, -0.15) is 0 Å². The third kappa shape index (κ3) is 4.40. The molecule has 1 aromatic carbocycles. The highest BCUT2D eigenvalue weighted by Crippen LogP contribution is 2.04. The molecule has 0 saturated carbocycles. The Balaban J connectivity index is 2.44. The molecular formula is C12H15FN2O3. The maximum atomic E-state index is 12.1. The second-order valence-corrected chi connectivity index (χ2v) is 3.88. The predicted molar refractivity (Wildman–Crippen MR) is 64.2 cm³/mol. The van der Waals surface area contributed by atoms with Gasteiger partial charge >= 0.3 is 12.0 Å². The highest BCUT2D eigenvalue weighted by molar-refractivity contribution is 5.87. The van der Waals surface area contributed by atoms with Gasteiger partial charge in [0.15, 0.2) is 0 Å². The van der Waals surface area contributed by atoms with Gasteiger partial charge in [-0.1, -0.05) is 12.1 Å². The number of aromatic carboxylic acids is 1. The monoisotopic (exact) mass is 254 g/mol. The molecule has 0 aliphatic heterocycles. The van der Waals surface area contributed by atoms with Crippen molar-refractivity contribution in [2.75, 3.05) is 6.67 Å². The first-order valence-corrected chi connectivity index (χ1v) is 5.45. The summed E-state index contributed by atoms with van der Waals surface area (Å²) in [6.07, 6.45) is 0. The maximum Gasteiger partial charge on any atom is 0.335 e. The van der Waals surface area contributed by atoms with E-state index in [1.165, 1.54) is 12.1 Å². The minimum absolute atomic E-state index is 0.189. The minimum Gasteiger partial charge on any atom is -0.478 e. The number of amides is 2. The lowest BCUT2D eigenvalue weighted by Crippen LogP contribution is -2.41. The van der Waals surface area contributed by atoms with Crippen LogP contribution in [-0.2, 0) is 6.54 Å². The van der Waals surface area contributed by atoms with Crippen molar-refractivity contribution in [3.63, 3.8) is 0 Å². The first-order valence-electron chi connectivity index (χ1n) is 5.45. The molecule has 2 amide bonds. The molecule has 6 heteroatoms. The first-order chi connectivity index (χ1) is 8.52. The van der Waals surface area contributed by atoms with Gasteiger partial charge in [0.05, 0.1) is 11.6 Å². The number of hydrogen-bond donors (Lipinski definition) is 3. The van der Waals surface area contributed by atoms with Crippen molar-refractivity contribution in [1.82, 2.24) is 10.6 Å². The van der Waals surface area contributed by atoms with Crippen molar-refractivity contribution >= 4 is 12.0 Å². The standard InChI is InChI=1S/C12H15FN2O3/c1-8(6-13)15-12(18)14-7-9-2-4-10(5-3-9)11(16)17/h2-5,8H,6-7H2,1H3,(H,16,17)(H2,14,15,18). The van der Waals surface area contributed by atoms with Gasteiger partial charge < -0.3 is 15.7 Å². The van der Waals surface area contributed by atoms with Crippen LogP contribution in [0.15, 0.2) is 24.3 Å². The lowest BCUT2D eigenvalue weighted by atomic mass is 10.1. The van der Waals surface area contributed by atoms with Gasteiger partial charge in [-0.25, -0.2) is 14.0 Å². The van der Waals surface area contributed by atoms with E-state index in [0.29, 0.717) is 0 Å². The quantitative estimate of drug-likeness (QED) is 0.745. The van der Waals surface area contributed by atoms with Crippen molar-refractivity contribution in [1.29, 1.82) is 0 Å². The molecule has 0 fully saturated rings. The molecule has 0 bridgehead atoms. The Morgan fingerprint density at radius 3 is 2.44 bits per heavy atom. The van der Waals surface area contributed by atoms with E-state index in [-0.39, 0.29) is 12.1 Å². The number of urea groups is 1. The maximum absolute atomic E-state index is 12.1. The number of nitrogens with one attached hydrogen (secondary N) is 2. The van der Waals surface area contributed by atoms with Gasteiger partial charge in [0.2, 0.25) is 0 Å². The molecule has 98 valence electrons. The molecule has 0 spiro atoms. The molecule has 1 atom stereocenters. The molecule has 0 radical (unpaired) electrons. The fraction of sp³-hybridized carbons (Fsp3) is 0.333. The van der Waals surface area contributed by atoms with Crippen LogP contribution in [0, 0.1) is 0 Å². The van der Waals surface area contributed by atoms with E-state index in [4.69, 9.17) is 5.11 Å². The predicted octanol–water partition coefficient (Wildman–Crippen LogP) is 1.54. The Morgan fingerprint density at radius 2 is 1.94 bits per heavy atom. The van der Waals surface area contributed by atoms with Crippen molar-refractivity contribution in [2.45, 2.75) is 19.5 Å². The molecule has 0 saturated heterocycles. The first kappa shape index (κ1) is 14.0. The second-order valence-electron chi connectivity index (χ2n) is 3.88. The summed E-state index contributed by atoms with van der Waals surface area (Å²) in [6, 6.07) is 5.16. The summed E-state index contributed by atoms with van der Waals surface area (Å²) in [6.45, 7) is 1.19. The van der Waals surface area contributed by atoms with Crippen LogP contribution in [0.4, 0.5) is 9.18 Å². The molecule has 1 unspecified atom stereocenters. The van der Waals surface area contributed by atoms with Crippen LogP contribution < -0.4 is 10.6 Å². The average molecular weight is 254 g/mol. The van der Waals surface area contributed by atoms with Gasteiger partial charge in [0, 0.05) is 6.54 Å². The minimum atomic E-state index is -0.996. The number of halogens is 1. The van der Waals surface area contributed by atoms with Crippen molar-refractivity contribution < 1.29 is 19.1 Å². The van der Waals surface area contributed by atoms with E-state index in [2.05, 4.69) is 10.6 Å². The Bertz CT molecular complexity index is 420. The summed E-state index contributed by atoms with van der Waals surface area (Å²) in [5.74, 6) is -0.996. The van der Waals surface area contributed by atoms with Crippen LogP contribution >= 0.6 is 0 Å². The van der Waals surface area contributed by atoms with Crippen LogP contribution in [0.3, 0.4) is 0 Å². The zero-order valence-electron chi connectivity index (χ0n) is 9.94. The summed E-state index contributed by atoms with van der Waals surface area (Å²) < 4.78 is 12.1. The van der Waals surface area contributed by atoms with Crippen LogP contribution in [0.5, 0.6) is 0 Å². The van der Waals surface area contributed by atoms with Crippen LogP contribution in [0.1, 0.15) is 22.8 Å². The summed E-state index contributed by atoms with van der Waals surface area (Å²) in [4.78, 5) is 21.9. The van der Waals surface area contributed by atoms with Crippen LogP contribution in [-0.4, -0.2) is 29.8 Å². The summed E-state index contributed by atoms with van der Waals surface area (Å²) in [5, 5.41) is 13.7. The largest absolute Gasteiger partial charge is 0.478 e. The number of hydrogen-bond acceptors (Lipinski definition) is 2. The molecule has 0 heterocycles. The molecule has 0 aliphatic carbocycles. The van der Waals surface area contributed by atoms with E-state index in [1.807, 2.05) is 0 Å². The lowest BCUT2D eigenvalue weighted by Gasteiger charge is -2.11. The van der Waals surface area contributed by atoms with Crippen molar-refractivity contribution in [2.24, 2.45) is 0 Å². The van der Waals surface area contributed by atoms with Gasteiger partial charge in [-0.3, -0.25) is 0 Å². The third-order valence-corrected chi connectivity index (χ3v) is 2.26. The van der Waals surface area contributed by atoms with E-state index in [1.54, 1.807) is 19.1 Å². The zero-order valence-corrected chi connectivity index (χ0v) is 9.94. The molecule has 1 aromatic rings. The van der Waals surface area contributed by atoms with Gasteiger partial charge in [-0.05, 0) is 24.6 Å². The highest BCUT2D eigenvalue weighted by Gasteiger charge is 2.06. The van der Waals surface area contributed by atoms with Gasteiger partial charge in [-0.15, -0.1) is 0 Å². The second kappa shape index (κ2) is 6.58. The molecule has 0 aliphatic rings. The molecule has 0 aromatic heterocycles. The van der Waals surface area contributed by atoms with Crippen molar-refractivity contribution in [3.05, 3.63) is 35.4 Å². The Hall–Kier alpha value is -2.11. The SMILES string of the molecule is CC(CF)NC(=O)NCc1ccc(C(=O)O)cc1. The fourth-order valence-electron chi connectivity index (χ4n) is 1.26. The smallest absolute Gasteiger partial charge is 0.335 e. The zero-order chi connectivity index (χ0) is 13.5. The number of carboxylic acids is 1. The van der Waals surface area contributed by atoms with E-state index in [9.17, 15) is 14.0 Å². The average Bonchev–Trinajstić information content (AvgIpc) is 2.36. The number of carbonyl (C=O) groups excluding carboxylic acids is 1. The number of benzene rings is 1. The van der Waals surface area contributed by atoms with Crippen LogP contribution in [0.25, 0.3) is 0 Å². The molecular weight excluding hydrogens is 239 g/mol. The van der Waals surface area contributed by atoms with Crippen molar-refractivity contribution in [3.8, 4) is 0 Å². The Morgan fingerprint density at radius 1 is 1.33 bits per heavy atom. The summed E-state index contributed by atoms with van der Waals surface area (Å²) in [7, 11) is 0. The van der Waals surface area contributed by atoms with E-state index < -0.39 is 24.7 Å². The van der Waals surface area contributed by atoms with E-state index >= 15 is 0 Å². The number of alkyl halides is 1. The van der Waals surface area contributed by atoms with Crippen LogP contribution in [0.2, 0.25) is 0 Å². The van der Waals surface area contributed by atoms with Gasteiger partial charge in [0.25, 0.3) is 0 Å². The lowest BCUT2D eigenvalue weighted by molar-refractivity contribution is 0.0697. The number of carbonyl (C=O) groups is 2.